The van der Waals surface area contributed by atoms with Gasteiger partial charge < -0.3 is 15.4 Å². The Morgan fingerprint density at radius 2 is 1.80 bits per heavy atom. The van der Waals surface area contributed by atoms with Crippen LogP contribution in [0.25, 0.3) is 0 Å². The van der Waals surface area contributed by atoms with Crippen molar-refractivity contribution in [2.45, 2.75) is 38.5 Å². The summed E-state index contributed by atoms with van der Waals surface area (Å²) in [5.74, 6) is 0.313. The number of nitrogens with zero attached hydrogens (tertiary/aromatic N) is 1. The van der Waals surface area contributed by atoms with Crippen LogP contribution in [0.5, 0.6) is 5.75 Å². The van der Waals surface area contributed by atoms with Gasteiger partial charge in [-0.25, -0.2) is 4.39 Å². The van der Waals surface area contributed by atoms with Crippen molar-refractivity contribution in [1.82, 2.24) is 0 Å². The molecular formula is C16H23FN2O. The van der Waals surface area contributed by atoms with Gasteiger partial charge in [-0.3, -0.25) is 0 Å². The van der Waals surface area contributed by atoms with E-state index in [1.807, 2.05) is 0 Å². The zero-order chi connectivity index (χ0) is 14.2. The van der Waals surface area contributed by atoms with Gasteiger partial charge in [0, 0.05) is 25.2 Å². The maximum Gasteiger partial charge on any atom is 0.148 e. The van der Waals surface area contributed by atoms with Gasteiger partial charge in [0.05, 0.1) is 18.5 Å². The SMILES string of the molecule is COc1cc(N2CCC3(CCCC3)CC2)c(F)cc1N. The molecule has 4 heteroatoms. The third-order valence-electron chi connectivity index (χ3n) is 5.13. The molecule has 1 aliphatic heterocycles. The lowest BCUT2D eigenvalue weighted by molar-refractivity contribution is 0.226. The summed E-state index contributed by atoms with van der Waals surface area (Å²) in [5, 5.41) is 0. The molecule has 0 unspecified atom stereocenters. The molecule has 3 nitrogen and oxygen atoms in total. The predicted octanol–water partition coefficient (Wildman–Crippen LogP) is 3.58. The van der Waals surface area contributed by atoms with Crippen LogP contribution in [-0.2, 0) is 0 Å². The van der Waals surface area contributed by atoms with Crippen molar-refractivity contribution in [1.29, 1.82) is 0 Å². The van der Waals surface area contributed by atoms with Gasteiger partial charge >= 0.3 is 0 Å². The van der Waals surface area contributed by atoms with E-state index in [1.54, 1.807) is 13.2 Å². The van der Waals surface area contributed by atoms with Crippen molar-refractivity contribution in [3.05, 3.63) is 17.9 Å². The van der Waals surface area contributed by atoms with Crippen molar-refractivity contribution in [3.63, 3.8) is 0 Å². The highest BCUT2D eigenvalue weighted by molar-refractivity contribution is 5.63. The number of anilines is 2. The number of ether oxygens (including phenoxy) is 1. The minimum Gasteiger partial charge on any atom is -0.495 e. The molecule has 0 radical (unpaired) electrons. The van der Waals surface area contributed by atoms with Gasteiger partial charge in [-0.05, 0) is 31.1 Å². The summed E-state index contributed by atoms with van der Waals surface area (Å²) in [6.07, 6.45) is 7.80. The highest BCUT2D eigenvalue weighted by Crippen LogP contribution is 2.47. The summed E-state index contributed by atoms with van der Waals surface area (Å²) in [4.78, 5) is 2.14. The first-order chi connectivity index (χ1) is 9.63. The topological polar surface area (TPSA) is 38.5 Å². The van der Waals surface area contributed by atoms with Gasteiger partial charge in [0.2, 0.25) is 0 Å². The number of rotatable bonds is 2. The maximum absolute atomic E-state index is 14.1. The van der Waals surface area contributed by atoms with Crippen molar-refractivity contribution in [3.8, 4) is 5.75 Å². The number of nitrogens with two attached hydrogens (primary N) is 1. The first kappa shape index (κ1) is 13.5. The number of benzene rings is 1. The molecule has 110 valence electrons. The molecule has 1 heterocycles. The highest BCUT2D eigenvalue weighted by atomic mass is 19.1. The van der Waals surface area contributed by atoms with E-state index in [0.29, 0.717) is 22.5 Å². The van der Waals surface area contributed by atoms with Crippen LogP contribution in [0.2, 0.25) is 0 Å². The molecule has 0 amide bonds. The van der Waals surface area contributed by atoms with Crippen LogP contribution in [0, 0.1) is 11.2 Å². The Hall–Kier alpha value is -1.45. The molecular weight excluding hydrogens is 255 g/mol. The van der Waals surface area contributed by atoms with Crippen molar-refractivity contribution in [2.75, 3.05) is 30.8 Å². The van der Waals surface area contributed by atoms with Gasteiger partial charge in [0.25, 0.3) is 0 Å². The van der Waals surface area contributed by atoms with Gasteiger partial charge in [0.1, 0.15) is 11.6 Å². The predicted molar refractivity (Wildman–Crippen MR) is 79.7 cm³/mol. The van der Waals surface area contributed by atoms with E-state index >= 15 is 0 Å². The Kier molecular flexibility index (Phi) is 3.48. The lowest BCUT2D eigenvalue weighted by Gasteiger charge is -2.40. The second-order valence-electron chi connectivity index (χ2n) is 6.24. The highest BCUT2D eigenvalue weighted by Gasteiger charge is 2.37. The van der Waals surface area contributed by atoms with E-state index in [4.69, 9.17) is 10.5 Å². The number of hydrogen-bond acceptors (Lipinski definition) is 3. The molecule has 20 heavy (non-hydrogen) atoms. The first-order valence-electron chi connectivity index (χ1n) is 7.52. The van der Waals surface area contributed by atoms with E-state index in [1.165, 1.54) is 44.6 Å². The van der Waals surface area contributed by atoms with Crippen molar-refractivity contribution in [2.24, 2.45) is 5.41 Å². The molecule has 2 aliphatic rings. The quantitative estimate of drug-likeness (QED) is 0.840. The van der Waals surface area contributed by atoms with E-state index in [9.17, 15) is 4.39 Å². The van der Waals surface area contributed by atoms with E-state index in [2.05, 4.69) is 4.90 Å². The fourth-order valence-corrected chi connectivity index (χ4v) is 3.82. The third-order valence-corrected chi connectivity index (χ3v) is 5.13. The smallest absolute Gasteiger partial charge is 0.148 e. The monoisotopic (exact) mass is 278 g/mol. The molecule has 0 bridgehead atoms. The number of methoxy groups -OCH3 is 1. The number of halogens is 1. The molecule has 2 N–H and O–H groups in total. The second kappa shape index (κ2) is 5.15. The van der Waals surface area contributed by atoms with Gasteiger partial charge in [-0.1, -0.05) is 12.8 Å². The largest absolute Gasteiger partial charge is 0.495 e. The van der Waals surface area contributed by atoms with Gasteiger partial charge in [-0.2, -0.15) is 0 Å². The Bertz CT molecular complexity index is 487. The lowest BCUT2D eigenvalue weighted by Crippen LogP contribution is -2.39. The van der Waals surface area contributed by atoms with Crippen LogP contribution in [0.15, 0.2) is 12.1 Å². The summed E-state index contributed by atoms with van der Waals surface area (Å²) in [6.45, 7) is 1.87. The maximum atomic E-state index is 14.1. The molecule has 1 saturated heterocycles. The average Bonchev–Trinajstić information content (AvgIpc) is 2.89. The number of nitrogen functional groups attached to an aromatic ring is 1. The first-order valence-corrected chi connectivity index (χ1v) is 7.52. The zero-order valence-electron chi connectivity index (χ0n) is 12.1. The molecule has 2 fully saturated rings. The van der Waals surface area contributed by atoms with Crippen molar-refractivity contribution < 1.29 is 9.13 Å². The fraction of sp³-hybridized carbons (Fsp3) is 0.625. The zero-order valence-corrected chi connectivity index (χ0v) is 12.1. The van der Waals surface area contributed by atoms with Crippen LogP contribution in [0.4, 0.5) is 15.8 Å². The van der Waals surface area contributed by atoms with E-state index < -0.39 is 0 Å². The van der Waals surface area contributed by atoms with Crippen LogP contribution >= 0.6 is 0 Å². The molecule has 3 rings (SSSR count). The Labute approximate surface area is 119 Å². The van der Waals surface area contributed by atoms with Gasteiger partial charge in [0.15, 0.2) is 0 Å². The third kappa shape index (κ3) is 2.32. The molecule has 1 saturated carbocycles. The number of piperidine rings is 1. The van der Waals surface area contributed by atoms with E-state index in [0.717, 1.165) is 13.1 Å². The van der Waals surface area contributed by atoms with Gasteiger partial charge in [-0.15, -0.1) is 0 Å². The molecule has 1 spiro atoms. The van der Waals surface area contributed by atoms with Crippen LogP contribution in [-0.4, -0.2) is 20.2 Å². The van der Waals surface area contributed by atoms with Crippen molar-refractivity contribution >= 4 is 11.4 Å². The lowest BCUT2D eigenvalue weighted by atomic mass is 9.77. The van der Waals surface area contributed by atoms with E-state index in [-0.39, 0.29) is 5.82 Å². The van der Waals surface area contributed by atoms with Crippen LogP contribution in [0.1, 0.15) is 38.5 Å². The molecule has 0 atom stereocenters. The standard InChI is InChI=1S/C16H23FN2O/c1-20-15-11-14(12(17)10-13(15)18)19-8-6-16(7-9-19)4-2-3-5-16/h10-11H,2-9,18H2,1H3. The Morgan fingerprint density at radius 1 is 1.15 bits per heavy atom. The second-order valence-corrected chi connectivity index (χ2v) is 6.24. The average molecular weight is 278 g/mol. The Balaban J connectivity index is 1.77. The summed E-state index contributed by atoms with van der Waals surface area (Å²) in [7, 11) is 1.57. The number of hydrogen-bond donors (Lipinski definition) is 1. The summed E-state index contributed by atoms with van der Waals surface area (Å²) in [5.41, 5.74) is 7.28. The molecule has 0 aromatic heterocycles. The minimum absolute atomic E-state index is 0.245. The van der Waals surface area contributed by atoms with Crippen LogP contribution < -0.4 is 15.4 Å². The van der Waals surface area contributed by atoms with Crippen LogP contribution in [0.3, 0.4) is 0 Å². The fourth-order valence-electron chi connectivity index (χ4n) is 3.82. The summed E-state index contributed by atoms with van der Waals surface area (Å²) < 4.78 is 19.3. The normalized spacial score (nSPS) is 21.4. The Morgan fingerprint density at radius 3 is 2.40 bits per heavy atom. The molecule has 1 aliphatic carbocycles. The summed E-state index contributed by atoms with van der Waals surface area (Å²) in [6, 6.07) is 3.10. The molecule has 1 aromatic rings. The minimum atomic E-state index is -0.245. The summed E-state index contributed by atoms with van der Waals surface area (Å²) >= 11 is 0. The molecule has 1 aromatic carbocycles.